The van der Waals surface area contributed by atoms with E-state index in [1.165, 1.54) is 12.3 Å². The van der Waals surface area contributed by atoms with Gasteiger partial charge in [-0.1, -0.05) is 6.07 Å². The second-order valence-electron chi connectivity index (χ2n) is 5.73. The van der Waals surface area contributed by atoms with Crippen molar-refractivity contribution in [3.8, 4) is 0 Å². The van der Waals surface area contributed by atoms with Gasteiger partial charge in [0.05, 0.1) is 16.7 Å². The van der Waals surface area contributed by atoms with Gasteiger partial charge in [0.2, 0.25) is 0 Å². The average Bonchev–Trinajstić information content (AvgIpc) is 2.76. The van der Waals surface area contributed by atoms with Gasteiger partial charge in [-0.2, -0.15) is 13.2 Å². The number of fused-ring (bicyclic) bond motifs is 1. The first-order valence-electron chi connectivity index (χ1n) is 6.70. The number of nitrogens with zero attached hydrogens (tertiary/aromatic N) is 2. The Kier molecular flexibility index (Phi) is 3.09. The maximum absolute atomic E-state index is 12.7. The van der Waals surface area contributed by atoms with Crippen LogP contribution in [0.3, 0.4) is 0 Å². The van der Waals surface area contributed by atoms with Crippen molar-refractivity contribution < 1.29 is 18.3 Å². The molecule has 1 fully saturated rings. The van der Waals surface area contributed by atoms with Crippen LogP contribution >= 0.6 is 0 Å². The van der Waals surface area contributed by atoms with Crippen LogP contribution in [0.15, 0.2) is 30.5 Å². The zero-order valence-electron chi connectivity index (χ0n) is 11.5. The molecule has 1 aromatic heterocycles. The largest absolute Gasteiger partial charge is 0.416 e. The number of β-amino-alcohol motifs (C(OH)–C–C–N with tert-alkyl or cyclic N) is 1. The first-order chi connectivity index (χ1) is 9.76. The second-order valence-corrected chi connectivity index (χ2v) is 5.73. The summed E-state index contributed by atoms with van der Waals surface area (Å²) in [4.78, 5) is 6.02. The quantitative estimate of drug-likeness (QED) is 0.878. The smallest absolute Gasteiger partial charge is 0.388 e. The van der Waals surface area contributed by atoms with Crippen molar-refractivity contribution in [2.45, 2.75) is 25.1 Å². The van der Waals surface area contributed by atoms with Crippen molar-refractivity contribution in [1.82, 2.24) is 4.98 Å². The van der Waals surface area contributed by atoms with E-state index in [0.717, 1.165) is 17.8 Å². The van der Waals surface area contributed by atoms with Gasteiger partial charge in [-0.25, -0.2) is 0 Å². The number of aliphatic hydroxyl groups is 1. The van der Waals surface area contributed by atoms with Crippen molar-refractivity contribution in [2.75, 3.05) is 18.0 Å². The molecule has 1 aromatic carbocycles. The Morgan fingerprint density at radius 1 is 1.29 bits per heavy atom. The molecular weight excluding hydrogens is 281 g/mol. The number of hydrogen-bond donors (Lipinski definition) is 1. The lowest BCUT2D eigenvalue weighted by molar-refractivity contribution is -0.137. The van der Waals surface area contributed by atoms with Gasteiger partial charge < -0.3 is 10.0 Å². The summed E-state index contributed by atoms with van der Waals surface area (Å²) in [5.41, 5.74) is -0.338. The summed E-state index contributed by atoms with van der Waals surface area (Å²) in [5, 5.41) is 10.7. The standard InChI is InChI=1S/C15H15F3N2O/c1-14(21)5-7-20(9-14)13-4-6-19-12-8-10(15(16,17)18)2-3-11(12)13/h2-4,6,8,21H,5,7,9H2,1H3. The van der Waals surface area contributed by atoms with Crippen LogP contribution in [-0.4, -0.2) is 28.8 Å². The third-order valence-corrected chi connectivity index (χ3v) is 3.84. The second kappa shape index (κ2) is 4.59. The molecule has 1 N–H and O–H groups in total. The summed E-state index contributed by atoms with van der Waals surface area (Å²) >= 11 is 0. The van der Waals surface area contributed by atoms with Crippen LogP contribution in [0.2, 0.25) is 0 Å². The van der Waals surface area contributed by atoms with Gasteiger partial charge in [0.25, 0.3) is 0 Å². The summed E-state index contributed by atoms with van der Waals surface area (Å²) in [5.74, 6) is 0. The molecule has 0 amide bonds. The third kappa shape index (κ3) is 2.68. The minimum atomic E-state index is -4.37. The highest BCUT2D eigenvalue weighted by Gasteiger charge is 2.33. The number of pyridine rings is 1. The fourth-order valence-electron chi connectivity index (χ4n) is 2.74. The fraction of sp³-hybridized carbons (Fsp3) is 0.400. The molecule has 1 aliphatic rings. The predicted octanol–water partition coefficient (Wildman–Crippen LogP) is 3.21. The Hall–Kier alpha value is -1.82. The van der Waals surface area contributed by atoms with Gasteiger partial charge in [0.1, 0.15) is 0 Å². The molecule has 1 aliphatic heterocycles. The molecule has 0 radical (unpaired) electrons. The highest BCUT2D eigenvalue weighted by molar-refractivity contribution is 5.92. The van der Waals surface area contributed by atoms with Crippen LogP contribution in [0.4, 0.5) is 18.9 Å². The van der Waals surface area contributed by atoms with Crippen LogP contribution in [0.1, 0.15) is 18.9 Å². The Morgan fingerprint density at radius 2 is 2.05 bits per heavy atom. The van der Waals surface area contributed by atoms with Crippen molar-refractivity contribution >= 4 is 16.6 Å². The topological polar surface area (TPSA) is 36.4 Å². The number of rotatable bonds is 1. The van der Waals surface area contributed by atoms with E-state index in [1.807, 2.05) is 4.90 Å². The molecule has 0 saturated carbocycles. The minimum absolute atomic E-state index is 0.314. The Bertz CT molecular complexity index is 682. The van der Waals surface area contributed by atoms with E-state index in [1.54, 1.807) is 13.0 Å². The fourth-order valence-corrected chi connectivity index (χ4v) is 2.74. The lowest BCUT2D eigenvalue weighted by atomic mass is 10.1. The summed E-state index contributed by atoms with van der Waals surface area (Å²) in [6, 6.07) is 5.36. The highest BCUT2D eigenvalue weighted by atomic mass is 19.4. The molecule has 3 nitrogen and oxygen atoms in total. The molecule has 0 aliphatic carbocycles. The monoisotopic (exact) mass is 296 g/mol. The van der Waals surface area contributed by atoms with Crippen molar-refractivity contribution in [3.63, 3.8) is 0 Å². The number of alkyl halides is 3. The molecule has 112 valence electrons. The van der Waals surface area contributed by atoms with E-state index in [2.05, 4.69) is 4.98 Å². The molecule has 1 unspecified atom stereocenters. The molecular formula is C15H15F3N2O. The van der Waals surface area contributed by atoms with Crippen LogP contribution < -0.4 is 4.90 Å². The summed E-state index contributed by atoms with van der Waals surface area (Å²) < 4.78 is 38.2. The molecule has 1 atom stereocenters. The van der Waals surface area contributed by atoms with Crippen LogP contribution in [-0.2, 0) is 6.18 Å². The van der Waals surface area contributed by atoms with E-state index in [9.17, 15) is 18.3 Å². The summed E-state index contributed by atoms with van der Waals surface area (Å²) in [6.45, 7) is 2.90. The Labute approximate surface area is 120 Å². The lowest BCUT2D eigenvalue weighted by Crippen LogP contribution is -2.29. The zero-order valence-corrected chi connectivity index (χ0v) is 11.5. The SMILES string of the molecule is CC1(O)CCN(c2ccnc3cc(C(F)(F)F)ccc23)C1. The van der Waals surface area contributed by atoms with Crippen LogP contribution in [0.25, 0.3) is 10.9 Å². The summed E-state index contributed by atoms with van der Waals surface area (Å²) in [7, 11) is 0. The van der Waals surface area contributed by atoms with E-state index in [4.69, 9.17) is 0 Å². The molecule has 3 rings (SSSR count). The van der Waals surface area contributed by atoms with Gasteiger partial charge >= 0.3 is 6.18 Å². The molecule has 2 heterocycles. The average molecular weight is 296 g/mol. The minimum Gasteiger partial charge on any atom is -0.388 e. The molecule has 2 aromatic rings. The van der Waals surface area contributed by atoms with E-state index >= 15 is 0 Å². The van der Waals surface area contributed by atoms with Crippen molar-refractivity contribution in [2.24, 2.45) is 0 Å². The van der Waals surface area contributed by atoms with Gasteiger partial charge in [0, 0.05) is 30.4 Å². The number of benzene rings is 1. The normalized spacial score (nSPS) is 23.0. The molecule has 0 bridgehead atoms. The van der Waals surface area contributed by atoms with Gasteiger partial charge in [-0.3, -0.25) is 4.98 Å². The number of hydrogen-bond acceptors (Lipinski definition) is 3. The van der Waals surface area contributed by atoms with E-state index in [0.29, 0.717) is 30.4 Å². The summed E-state index contributed by atoms with van der Waals surface area (Å²) in [6.07, 6.45) is -2.23. The molecule has 21 heavy (non-hydrogen) atoms. The zero-order chi connectivity index (χ0) is 15.3. The first kappa shape index (κ1) is 14.1. The van der Waals surface area contributed by atoms with Crippen molar-refractivity contribution in [3.05, 3.63) is 36.0 Å². The van der Waals surface area contributed by atoms with E-state index in [-0.39, 0.29) is 0 Å². The Balaban J connectivity index is 2.05. The highest BCUT2D eigenvalue weighted by Crippen LogP contribution is 2.35. The maximum atomic E-state index is 12.7. The van der Waals surface area contributed by atoms with Crippen molar-refractivity contribution in [1.29, 1.82) is 0 Å². The first-order valence-corrected chi connectivity index (χ1v) is 6.70. The number of anilines is 1. The predicted molar refractivity (Wildman–Crippen MR) is 74.2 cm³/mol. The van der Waals surface area contributed by atoms with Gasteiger partial charge in [-0.15, -0.1) is 0 Å². The number of halogens is 3. The van der Waals surface area contributed by atoms with Crippen LogP contribution in [0, 0.1) is 0 Å². The Morgan fingerprint density at radius 3 is 2.67 bits per heavy atom. The third-order valence-electron chi connectivity index (χ3n) is 3.84. The lowest BCUT2D eigenvalue weighted by Gasteiger charge is -2.22. The van der Waals surface area contributed by atoms with Crippen LogP contribution in [0.5, 0.6) is 0 Å². The molecule has 1 saturated heterocycles. The molecule has 6 heteroatoms. The number of aromatic nitrogens is 1. The van der Waals surface area contributed by atoms with Gasteiger partial charge in [0.15, 0.2) is 0 Å². The molecule has 0 spiro atoms. The van der Waals surface area contributed by atoms with Gasteiger partial charge in [-0.05, 0) is 31.5 Å². The maximum Gasteiger partial charge on any atom is 0.416 e. The van der Waals surface area contributed by atoms with E-state index < -0.39 is 17.3 Å².